The zero-order valence-electron chi connectivity index (χ0n) is 12.2. The first-order chi connectivity index (χ1) is 10.7. The molecule has 5 nitrogen and oxygen atoms in total. The second-order valence-corrected chi connectivity index (χ2v) is 6.81. The van der Waals surface area contributed by atoms with Crippen LogP contribution in [0.2, 0.25) is 0 Å². The van der Waals surface area contributed by atoms with Crippen LogP contribution in [0.5, 0.6) is 0 Å². The largest absolute Gasteiger partial charge is 0.353 e. The topological polar surface area (TPSA) is 68.0 Å². The Morgan fingerprint density at radius 3 is 2.73 bits per heavy atom. The maximum Gasteiger partial charge on any atom is 0.227 e. The highest BCUT2D eigenvalue weighted by molar-refractivity contribution is 14.1. The van der Waals surface area contributed by atoms with Crippen molar-refractivity contribution in [2.75, 3.05) is 0 Å². The molecule has 0 saturated heterocycles. The molecular formula is C16H18IN3O2. The van der Waals surface area contributed by atoms with E-state index in [2.05, 4.69) is 38.0 Å². The summed E-state index contributed by atoms with van der Waals surface area (Å²) < 4.78 is 6.39. The average Bonchev–Trinajstić information content (AvgIpc) is 3.17. The Kier molecular flexibility index (Phi) is 5.07. The maximum atomic E-state index is 11.9. The van der Waals surface area contributed by atoms with Crippen LogP contribution in [0.3, 0.4) is 0 Å². The molecule has 0 bridgehead atoms. The quantitative estimate of drug-likeness (QED) is 0.767. The second-order valence-electron chi connectivity index (χ2n) is 5.57. The van der Waals surface area contributed by atoms with Gasteiger partial charge in [0.2, 0.25) is 17.6 Å². The lowest BCUT2D eigenvalue weighted by atomic mass is 10.2. The van der Waals surface area contributed by atoms with E-state index < -0.39 is 0 Å². The number of amides is 1. The number of carbonyl (C=O) groups excluding carboxylic acids is 1. The first kappa shape index (κ1) is 15.5. The summed E-state index contributed by atoms with van der Waals surface area (Å²) in [6.07, 6.45) is 5.51. The van der Waals surface area contributed by atoms with Crippen molar-refractivity contribution in [1.29, 1.82) is 0 Å². The van der Waals surface area contributed by atoms with Crippen LogP contribution in [0.4, 0.5) is 0 Å². The lowest BCUT2D eigenvalue weighted by Gasteiger charge is -2.10. The van der Waals surface area contributed by atoms with Gasteiger partial charge in [-0.05, 0) is 47.6 Å². The summed E-state index contributed by atoms with van der Waals surface area (Å²) in [6.45, 7) is 0. The number of rotatable bonds is 5. The molecule has 0 aliphatic heterocycles. The van der Waals surface area contributed by atoms with E-state index >= 15 is 0 Å². The predicted octanol–water partition coefficient (Wildman–Crippen LogP) is 3.33. The zero-order chi connectivity index (χ0) is 15.4. The Bertz CT molecular complexity index is 633. The molecule has 22 heavy (non-hydrogen) atoms. The zero-order valence-corrected chi connectivity index (χ0v) is 14.4. The van der Waals surface area contributed by atoms with Crippen LogP contribution in [0, 0.1) is 3.57 Å². The Labute approximate surface area is 143 Å². The summed E-state index contributed by atoms with van der Waals surface area (Å²) in [5.74, 6) is 1.15. The highest BCUT2D eigenvalue weighted by Crippen LogP contribution is 2.19. The van der Waals surface area contributed by atoms with Crippen molar-refractivity contribution in [2.24, 2.45) is 0 Å². The highest BCUT2D eigenvalue weighted by atomic mass is 127. The van der Waals surface area contributed by atoms with Gasteiger partial charge in [0, 0.05) is 28.0 Å². The van der Waals surface area contributed by atoms with Crippen molar-refractivity contribution < 1.29 is 9.32 Å². The van der Waals surface area contributed by atoms with Gasteiger partial charge in [-0.1, -0.05) is 30.1 Å². The highest BCUT2D eigenvalue weighted by Gasteiger charge is 2.17. The summed E-state index contributed by atoms with van der Waals surface area (Å²) in [5.41, 5.74) is 0.922. The lowest BCUT2D eigenvalue weighted by Crippen LogP contribution is -2.32. The van der Waals surface area contributed by atoms with Gasteiger partial charge in [0.15, 0.2) is 0 Å². The Balaban J connectivity index is 1.53. The molecule has 0 atom stereocenters. The number of nitrogens with zero attached hydrogens (tertiary/aromatic N) is 2. The van der Waals surface area contributed by atoms with E-state index in [9.17, 15) is 4.79 Å². The Hall–Kier alpha value is -1.44. The molecule has 1 aromatic heterocycles. The van der Waals surface area contributed by atoms with Gasteiger partial charge >= 0.3 is 0 Å². The molecule has 1 amide bonds. The number of aryl methyl sites for hydroxylation is 1. The van der Waals surface area contributed by atoms with Gasteiger partial charge in [0.1, 0.15) is 0 Å². The molecule has 1 N–H and O–H groups in total. The number of nitrogens with one attached hydrogen (secondary N) is 1. The molecule has 1 aromatic carbocycles. The molecular weight excluding hydrogens is 393 g/mol. The summed E-state index contributed by atoms with van der Waals surface area (Å²) in [7, 11) is 0. The molecule has 0 spiro atoms. The molecule has 0 unspecified atom stereocenters. The molecule has 1 fully saturated rings. The van der Waals surface area contributed by atoms with Gasteiger partial charge < -0.3 is 9.84 Å². The normalized spacial score (nSPS) is 15.1. The van der Waals surface area contributed by atoms with Gasteiger partial charge in [-0.15, -0.1) is 0 Å². The molecule has 0 radical (unpaired) electrons. The maximum absolute atomic E-state index is 11.9. The number of benzene rings is 1. The Morgan fingerprint density at radius 2 is 2.00 bits per heavy atom. The monoisotopic (exact) mass is 411 g/mol. The molecule has 2 aromatic rings. The smallest absolute Gasteiger partial charge is 0.227 e. The summed E-state index contributed by atoms with van der Waals surface area (Å²) in [4.78, 5) is 16.2. The van der Waals surface area contributed by atoms with Crippen molar-refractivity contribution >= 4 is 28.5 Å². The minimum Gasteiger partial charge on any atom is -0.353 e. The molecule has 1 heterocycles. The minimum absolute atomic E-state index is 0.0703. The third-order valence-corrected chi connectivity index (χ3v) is 4.58. The molecule has 1 aliphatic carbocycles. The van der Waals surface area contributed by atoms with Crippen LogP contribution in [0.15, 0.2) is 28.8 Å². The number of halogens is 1. The number of hydrogen-bond donors (Lipinski definition) is 1. The van der Waals surface area contributed by atoms with Crippen LogP contribution in [-0.4, -0.2) is 22.1 Å². The van der Waals surface area contributed by atoms with Crippen LogP contribution in [-0.2, 0) is 11.2 Å². The van der Waals surface area contributed by atoms with E-state index in [4.69, 9.17) is 4.52 Å². The summed E-state index contributed by atoms with van der Waals surface area (Å²) >= 11 is 2.25. The fourth-order valence-corrected chi connectivity index (χ4v) is 3.02. The van der Waals surface area contributed by atoms with Crippen LogP contribution in [0.1, 0.15) is 38.0 Å². The van der Waals surface area contributed by atoms with Gasteiger partial charge in [0.05, 0.1) is 0 Å². The van der Waals surface area contributed by atoms with E-state index in [-0.39, 0.29) is 5.91 Å². The molecule has 3 rings (SSSR count). The molecule has 1 aliphatic rings. The third kappa shape index (κ3) is 4.06. The van der Waals surface area contributed by atoms with Crippen molar-refractivity contribution in [3.63, 3.8) is 0 Å². The lowest BCUT2D eigenvalue weighted by molar-refractivity contribution is -0.121. The molecule has 6 heteroatoms. The first-order valence-electron chi connectivity index (χ1n) is 7.58. The second kappa shape index (κ2) is 7.21. The van der Waals surface area contributed by atoms with E-state index in [1.54, 1.807) is 0 Å². The predicted molar refractivity (Wildman–Crippen MR) is 91.2 cm³/mol. The summed E-state index contributed by atoms with van der Waals surface area (Å²) in [6, 6.07) is 8.28. The van der Waals surface area contributed by atoms with Crippen molar-refractivity contribution in [3.8, 4) is 11.4 Å². The van der Waals surface area contributed by atoms with Gasteiger partial charge in [-0.25, -0.2) is 0 Å². The molecule has 116 valence electrons. The van der Waals surface area contributed by atoms with Crippen molar-refractivity contribution in [3.05, 3.63) is 33.7 Å². The molecule has 1 saturated carbocycles. The van der Waals surface area contributed by atoms with Crippen LogP contribution >= 0.6 is 22.6 Å². The first-order valence-corrected chi connectivity index (χ1v) is 8.66. The van der Waals surface area contributed by atoms with Crippen molar-refractivity contribution in [1.82, 2.24) is 15.5 Å². The standard InChI is InChI=1S/C16H18IN3O2/c17-12-7-5-11(6-8-12)16-19-15(22-20-16)10-9-14(21)18-13-3-1-2-4-13/h5-8,13H,1-4,9-10H2,(H,18,21). The van der Waals surface area contributed by atoms with E-state index in [1.807, 2.05) is 24.3 Å². The van der Waals surface area contributed by atoms with E-state index in [0.29, 0.717) is 30.6 Å². The van der Waals surface area contributed by atoms with E-state index in [1.165, 1.54) is 12.8 Å². The fourth-order valence-electron chi connectivity index (χ4n) is 2.66. The van der Waals surface area contributed by atoms with Gasteiger partial charge in [-0.2, -0.15) is 4.98 Å². The number of hydrogen-bond acceptors (Lipinski definition) is 4. The summed E-state index contributed by atoms with van der Waals surface area (Å²) in [5, 5.41) is 7.04. The Morgan fingerprint density at radius 1 is 1.27 bits per heavy atom. The fraction of sp³-hybridized carbons (Fsp3) is 0.438. The van der Waals surface area contributed by atoms with Crippen LogP contribution in [0.25, 0.3) is 11.4 Å². The van der Waals surface area contributed by atoms with Crippen LogP contribution < -0.4 is 5.32 Å². The minimum atomic E-state index is 0.0703. The van der Waals surface area contributed by atoms with Crippen molar-refractivity contribution in [2.45, 2.75) is 44.6 Å². The third-order valence-electron chi connectivity index (χ3n) is 3.86. The number of aromatic nitrogens is 2. The number of carbonyl (C=O) groups is 1. The SMILES string of the molecule is O=C(CCc1nc(-c2ccc(I)cc2)no1)NC1CCCC1. The average molecular weight is 411 g/mol. The van der Waals surface area contributed by atoms with Gasteiger partial charge in [-0.3, -0.25) is 4.79 Å². The van der Waals surface area contributed by atoms with Gasteiger partial charge in [0.25, 0.3) is 0 Å². The van der Waals surface area contributed by atoms with E-state index in [0.717, 1.165) is 22.0 Å².